The number of carbonyl (C=O) groups is 1. The van der Waals surface area contributed by atoms with Crippen LogP contribution in [0.2, 0.25) is 0 Å². The average molecular weight is 405 g/mol. The van der Waals surface area contributed by atoms with Crippen LogP contribution in [0, 0.1) is 0 Å². The molecule has 3 aromatic rings. The van der Waals surface area contributed by atoms with Gasteiger partial charge in [0.2, 0.25) is 0 Å². The van der Waals surface area contributed by atoms with Gasteiger partial charge in [-0.25, -0.2) is 9.97 Å². The van der Waals surface area contributed by atoms with Gasteiger partial charge in [-0.1, -0.05) is 0 Å². The van der Waals surface area contributed by atoms with Gasteiger partial charge in [-0.2, -0.15) is 0 Å². The van der Waals surface area contributed by atoms with Gasteiger partial charge in [0.15, 0.2) is 6.23 Å². The van der Waals surface area contributed by atoms with E-state index in [1.165, 1.54) is 17.7 Å². The highest BCUT2D eigenvalue weighted by Crippen LogP contribution is 2.40. The predicted molar refractivity (Wildman–Crippen MR) is 102 cm³/mol. The van der Waals surface area contributed by atoms with Gasteiger partial charge in [0.05, 0.1) is 16.9 Å². The number of amides is 1. The Morgan fingerprint density at radius 1 is 1.36 bits per heavy atom. The van der Waals surface area contributed by atoms with Crippen molar-refractivity contribution in [3.05, 3.63) is 29.5 Å². The van der Waals surface area contributed by atoms with E-state index in [0.29, 0.717) is 21.5 Å². The number of aliphatic hydroxyl groups is 3. The van der Waals surface area contributed by atoms with E-state index in [4.69, 9.17) is 10.5 Å². The molecule has 0 bridgehead atoms. The molecule has 4 atom stereocenters. The van der Waals surface area contributed by atoms with Crippen molar-refractivity contribution in [2.24, 2.45) is 0 Å². The van der Waals surface area contributed by atoms with Gasteiger partial charge >= 0.3 is 0 Å². The van der Waals surface area contributed by atoms with Gasteiger partial charge in [0, 0.05) is 23.7 Å². The number of aromatic nitrogens is 3. The van der Waals surface area contributed by atoms with Crippen LogP contribution in [0.5, 0.6) is 0 Å². The lowest BCUT2D eigenvalue weighted by Crippen LogP contribution is -2.33. The van der Waals surface area contributed by atoms with Crippen molar-refractivity contribution in [2.45, 2.75) is 24.5 Å². The molecule has 6 N–H and O–H groups in total. The lowest BCUT2D eigenvalue weighted by molar-refractivity contribution is -0.0508. The third-order valence-corrected chi connectivity index (χ3v) is 5.87. The first-order chi connectivity index (χ1) is 13.5. The lowest BCUT2D eigenvalue weighted by atomic mass is 10.1. The van der Waals surface area contributed by atoms with Crippen molar-refractivity contribution >= 4 is 34.1 Å². The van der Waals surface area contributed by atoms with Gasteiger partial charge in [0.1, 0.15) is 36.1 Å². The Morgan fingerprint density at radius 3 is 2.82 bits per heavy atom. The summed E-state index contributed by atoms with van der Waals surface area (Å²) in [4.78, 5) is 21.5. The van der Waals surface area contributed by atoms with Crippen LogP contribution in [-0.2, 0) is 4.74 Å². The zero-order valence-electron chi connectivity index (χ0n) is 14.8. The third kappa shape index (κ3) is 2.84. The summed E-state index contributed by atoms with van der Waals surface area (Å²) in [5.74, 6) is 0.0352. The highest BCUT2D eigenvalue weighted by Gasteiger charge is 2.44. The second-order valence-corrected chi connectivity index (χ2v) is 7.46. The minimum absolute atomic E-state index is 0.201. The number of nitrogens with one attached hydrogen (secondary N) is 1. The predicted octanol–water partition coefficient (Wildman–Crippen LogP) is -0.287. The van der Waals surface area contributed by atoms with Gasteiger partial charge in [-0.3, -0.25) is 4.79 Å². The van der Waals surface area contributed by atoms with Crippen molar-refractivity contribution in [2.75, 3.05) is 19.4 Å². The van der Waals surface area contributed by atoms with Crippen LogP contribution >= 0.6 is 11.3 Å². The maximum absolute atomic E-state index is 11.9. The quantitative estimate of drug-likeness (QED) is 0.397. The third-order valence-electron chi connectivity index (χ3n) is 4.75. The Balaban J connectivity index is 1.85. The molecule has 0 aromatic carbocycles. The number of anilines is 1. The van der Waals surface area contributed by atoms with Crippen molar-refractivity contribution in [3.8, 4) is 10.4 Å². The van der Waals surface area contributed by atoms with Crippen LogP contribution in [0.4, 0.5) is 5.82 Å². The fraction of sp³-hybridized carbons (Fsp3) is 0.353. The zero-order valence-corrected chi connectivity index (χ0v) is 15.6. The molecule has 1 aliphatic rings. The number of ether oxygens (including phenoxy) is 1. The first kappa shape index (κ1) is 18.8. The standard InChI is InChI=1S/C17H19N5O5S/c1-19-16(26)10-3-2-9(28-10)7-4-22(15-11(7)14(18)20-6-21-15)17-13(25)12(24)8(5-23)27-17/h2-4,6,8,12-13,17,23-25H,5H2,1H3,(H,19,26)(H2,18,20,21)/t8?,12?,13-,17+/m0/s1. The minimum Gasteiger partial charge on any atom is -0.394 e. The van der Waals surface area contributed by atoms with Crippen molar-refractivity contribution in [1.82, 2.24) is 19.9 Å². The molecule has 1 amide bonds. The molecule has 1 aliphatic heterocycles. The lowest BCUT2D eigenvalue weighted by Gasteiger charge is -2.17. The maximum Gasteiger partial charge on any atom is 0.261 e. The van der Waals surface area contributed by atoms with Gasteiger partial charge in [-0.05, 0) is 12.1 Å². The van der Waals surface area contributed by atoms with Crippen molar-refractivity contribution < 1.29 is 24.9 Å². The summed E-state index contributed by atoms with van der Waals surface area (Å²) >= 11 is 1.28. The van der Waals surface area contributed by atoms with E-state index >= 15 is 0 Å². The average Bonchev–Trinajstić information content (AvgIpc) is 3.39. The molecule has 4 heterocycles. The summed E-state index contributed by atoms with van der Waals surface area (Å²) in [5, 5.41) is 33.0. The smallest absolute Gasteiger partial charge is 0.261 e. The molecule has 0 aliphatic carbocycles. The summed E-state index contributed by atoms with van der Waals surface area (Å²) < 4.78 is 7.19. The van der Waals surface area contributed by atoms with E-state index in [1.807, 2.05) is 0 Å². The van der Waals surface area contributed by atoms with Crippen LogP contribution < -0.4 is 11.1 Å². The molecule has 4 rings (SSSR count). The van der Waals surface area contributed by atoms with Gasteiger partial charge in [0.25, 0.3) is 5.91 Å². The first-order valence-corrected chi connectivity index (χ1v) is 9.33. The number of aliphatic hydroxyl groups excluding tert-OH is 3. The van der Waals surface area contributed by atoms with E-state index in [2.05, 4.69) is 15.3 Å². The van der Waals surface area contributed by atoms with E-state index in [-0.39, 0.29) is 11.7 Å². The SMILES string of the molecule is CNC(=O)c1ccc(-c2cn([C@@H]3OC(CO)C(O)[C@@H]3O)c3ncnc(N)c23)s1. The number of hydrogen-bond donors (Lipinski definition) is 5. The Bertz CT molecular complexity index is 1030. The minimum atomic E-state index is -1.26. The Kier molecular flexibility index (Phi) is 4.77. The van der Waals surface area contributed by atoms with Crippen LogP contribution in [0.25, 0.3) is 21.5 Å². The highest BCUT2D eigenvalue weighted by molar-refractivity contribution is 7.17. The fourth-order valence-corrected chi connectivity index (χ4v) is 4.30. The number of thiophene rings is 1. The van der Waals surface area contributed by atoms with Crippen molar-refractivity contribution in [3.63, 3.8) is 0 Å². The molecule has 28 heavy (non-hydrogen) atoms. The largest absolute Gasteiger partial charge is 0.394 e. The van der Waals surface area contributed by atoms with E-state index in [9.17, 15) is 20.1 Å². The molecule has 1 fully saturated rings. The molecular weight excluding hydrogens is 386 g/mol. The summed E-state index contributed by atoms with van der Waals surface area (Å²) in [6.45, 7) is -0.432. The molecular formula is C17H19N5O5S. The maximum atomic E-state index is 11.9. The molecule has 0 saturated carbocycles. The van der Waals surface area contributed by atoms with Crippen LogP contribution in [0.3, 0.4) is 0 Å². The first-order valence-electron chi connectivity index (χ1n) is 8.52. The molecule has 2 unspecified atom stereocenters. The molecule has 11 heteroatoms. The topological polar surface area (TPSA) is 156 Å². The van der Waals surface area contributed by atoms with Crippen LogP contribution in [-0.4, -0.2) is 67.7 Å². The number of nitrogen functional groups attached to an aromatic ring is 1. The molecule has 0 radical (unpaired) electrons. The highest BCUT2D eigenvalue weighted by atomic mass is 32.1. The number of carbonyl (C=O) groups excluding carboxylic acids is 1. The zero-order chi connectivity index (χ0) is 20.0. The summed E-state index contributed by atoms with van der Waals surface area (Å²) in [6.07, 6.45) is -1.39. The Labute approximate surface area is 163 Å². The second kappa shape index (κ2) is 7.11. The van der Waals surface area contributed by atoms with Crippen LogP contribution in [0.1, 0.15) is 15.9 Å². The molecule has 1 saturated heterocycles. The fourth-order valence-electron chi connectivity index (χ4n) is 3.33. The Morgan fingerprint density at radius 2 is 2.14 bits per heavy atom. The molecule has 148 valence electrons. The molecule has 0 spiro atoms. The number of nitrogens with zero attached hydrogens (tertiary/aromatic N) is 3. The van der Waals surface area contributed by atoms with E-state index in [1.54, 1.807) is 29.9 Å². The number of nitrogens with two attached hydrogens (primary N) is 1. The number of fused-ring (bicyclic) bond motifs is 1. The van der Waals surface area contributed by atoms with Crippen LogP contribution in [0.15, 0.2) is 24.7 Å². The monoisotopic (exact) mass is 405 g/mol. The summed E-state index contributed by atoms with van der Waals surface area (Å²) in [7, 11) is 1.56. The normalized spacial score (nSPS) is 24.7. The summed E-state index contributed by atoms with van der Waals surface area (Å²) in [5.41, 5.74) is 7.16. The molecule has 10 nitrogen and oxygen atoms in total. The van der Waals surface area contributed by atoms with Gasteiger partial charge in [-0.15, -0.1) is 11.3 Å². The van der Waals surface area contributed by atoms with Gasteiger partial charge < -0.3 is 35.7 Å². The van der Waals surface area contributed by atoms with E-state index in [0.717, 1.165) is 4.88 Å². The van der Waals surface area contributed by atoms with E-state index < -0.39 is 31.1 Å². The number of rotatable bonds is 4. The molecule has 3 aromatic heterocycles. The number of hydrogen-bond acceptors (Lipinski definition) is 9. The Hall–Kier alpha value is -2.57. The van der Waals surface area contributed by atoms with Crippen molar-refractivity contribution in [1.29, 1.82) is 0 Å². The summed E-state index contributed by atoms with van der Waals surface area (Å²) in [6, 6.07) is 3.49. The second-order valence-electron chi connectivity index (χ2n) is 6.38.